The van der Waals surface area contributed by atoms with Crippen molar-refractivity contribution in [1.29, 1.82) is 0 Å². The fourth-order valence-corrected chi connectivity index (χ4v) is 8.17. The highest BCUT2D eigenvalue weighted by Crippen LogP contribution is 2.68. The van der Waals surface area contributed by atoms with Gasteiger partial charge >= 0.3 is 0 Å². The summed E-state index contributed by atoms with van der Waals surface area (Å²) < 4.78 is 11.6. The average molecular weight is 398 g/mol. The number of fused-ring (bicyclic) bond motifs is 5. The Bertz CT molecular complexity index is 740. The third-order valence-electron chi connectivity index (χ3n) is 9.70. The van der Waals surface area contributed by atoms with Crippen LogP contribution in [0.2, 0.25) is 0 Å². The molecule has 0 bridgehead atoms. The Balaban J connectivity index is 1.35. The van der Waals surface area contributed by atoms with Gasteiger partial charge in [0.2, 0.25) is 0 Å². The molecule has 0 saturated heterocycles. The first-order valence-electron chi connectivity index (χ1n) is 12.1. The Kier molecular flexibility index (Phi) is 5.19. The predicted octanol–water partition coefficient (Wildman–Crippen LogP) is 6.06. The van der Waals surface area contributed by atoms with Crippen LogP contribution >= 0.6 is 0 Å². The maximum Gasteiger partial charge on any atom is 0.0937 e. The highest BCUT2D eigenvalue weighted by molar-refractivity contribution is 5.27. The lowest BCUT2D eigenvalue weighted by Crippen LogP contribution is -2.50. The summed E-state index contributed by atoms with van der Waals surface area (Å²) in [6.45, 7) is 6.74. The lowest BCUT2D eigenvalue weighted by Gasteiger charge is -2.58. The maximum absolute atomic E-state index is 6.13. The summed E-state index contributed by atoms with van der Waals surface area (Å²) in [4.78, 5) is 0. The normalized spacial score (nSPS) is 44.0. The molecule has 160 valence electrons. The van der Waals surface area contributed by atoms with Crippen molar-refractivity contribution in [2.24, 2.45) is 34.3 Å². The van der Waals surface area contributed by atoms with E-state index in [1.54, 1.807) is 5.57 Å². The van der Waals surface area contributed by atoms with Crippen molar-refractivity contribution in [2.45, 2.75) is 83.7 Å². The van der Waals surface area contributed by atoms with Crippen LogP contribution in [0, 0.1) is 28.6 Å². The van der Waals surface area contributed by atoms with Gasteiger partial charge in [0.15, 0.2) is 0 Å². The van der Waals surface area contributed by atoms with Crippen LogP contribution in [0.25, 0.3) is 0 Å². The predicted molar refractivity (Wildman–Crippen MR) is 117 cm³/mol. The third kappa shape index (κ3) is 3.15. The number of ether oxygens (including phenoxy) is 1. The zero-order chi connectivity index (χ0) is 20.1. The van der Waals surface area contributed by atoms with Gasteiger partial charge in [0, 0.05) is 6.61 Å². The van der Waals surface area contributed by atoms with Crippen LogP contribution in [-0.4, -0.2) is 19.3 Å². The van der Waals surface area contributed by atoms with E-state index in [1.165, 1.54) is 56.9 Å². The van der Waals surface area contributed by atoms with Gasteiger partial charge in [-0.15, -0.1) is 0 Å². The molecule has 0 aliphatic heterocycles. The molecule has 4 aliphatic rings. The molecule has 1 aromatic heterocycles. The number of hydrogen-bond donors (Lipinski definition) is 1. The highest BCUT2D eigenvalue weighted by Gasteiger charge is 2.59. The van der Waals surface area contributed by atoms with E-state index in [9.17, 15) is 0 Å². The summed E-state index contributed by atoms with van der Waals surface area (Å²) in [7, 11) is 0. The van der Waals surface area contributed by atoms with Gasteiger partial charge in [-0.2, -0.15) is 0 Å². The van der Waals surface area contributed by atoms with Gasteiger partial charge in [-0.3, -0.25) is 0 Å². The highest BCUT2D eigenvalue weighted by atomic mass is 16.5. The molecule has 0 radical (unpaired) electrons. The minimum Gasteiger partial charge on any atom is -0.472 e. The SMILES string of the molecule is C[C@]12CC[C@H]3[C@@H](CCC4=C[C@@H](OCCCN)CC[C@@]43C)[C@@H]1CC[C@@H]2c1ccoc1. The molecule has 3 heteroatoms. The van der Waals surface area contributed by atoms with Gasteiger partial charge in [-0.1, -0.05) is 25.5 Å². The Labute approximate surface area is 176 Å². The molecule has 5 rings (SSSR count). The van der Waals surface area contributed by atoms with Crippen LogP contribution in [0.1, 0.15) is 83.1 Å². The van der Waals surface area contributed by atoms with Crippen LogP contribution in [0.4, 0.5) is 0 Å². The summed E-state index contributed by atoms with van der Waals surface area (Å²) in [5.41, 5.74) is 9.68. The molecule has 0 unspecified atom stereocenters. The molecule has 4 aliphatic carbocycles. The first kappa shape index (κ1) is 19.9. The second-order valence-electron chi connectivity index (χ2n) is 10.8. The van der Waals surface area contributed by atoms with Crippen molar-refractivity contribution in [1.82, 2.24) is 0 Å². The Morgan fingerprint density at radius 1 is 1.10 bits per heavy atom. The Morgan fingerprint density at radius 2 is 2.00 bits per heavy atom. The minimum absolute atomic E-state index is 0.326. The van der Waals surface area contributed by atoms with Crippen molar-refractivity contribution >= 4 is 0 Å². The van der Waals surface area contributed by atoms with Crippen LogP contribution in [-0.2, 0) is 4.74 Å². The first-order chi connectivity index (χ1) is 14.1. The molecule has 0 amide bonds. The second kappa shape index (κ2) is 7.57. The van der Waals surface area contributed by atoms with Gasteiger partial charge in [0.05, 0.1) is 18.6 Å². The first-order valence-corrected chi connectivity index (χ1v) is 12.1. The summed E-state index contributed by atoms with van der Waals surface area (Å²) in [6, 6.07) is 2.22. The van der Waals surface area contributed by atoms with E-state index in [0.29, 0.717) is 22.9 Å². The van der Waals surface area contributed by atoms with E-state index in [4.69, 9.17) is 14.9 Å². The molecule has 3 fully saturated rings. The van der Waals surface area contributed by atoms with Gasteiger partial charge in [-0.05, 0) is 110 Å². The maximum atomic E-state index is 6.13. The molecule has 0 aromatic carbocycles. The molecule has 3 saturated carbocycles. The molecular formula is C26H39NO2. The average Bonchev–Trinajstić information content (AvgIpc) is 3.35. The number of hydrogen-bond acceptors (Lipinski definition) is 3. The zero-order valence-corrected chi connectivity index (χ0v) is 18.4. The van der Waals surface area contributed by atoms with Gasteiger partial charge < -0.3 is 14.9 Å². The van der Waals surface area contributed by atoms with Crippen molar-refractivity contribution in [3.8, 4) is 0 Å². The zero-order valence-electron chi connectivity index (χ0n) is 18.4. The molecule has 2 N–H and O–H groups in total. The second-order valence-corrected chi connectivity index (χ2v) is 10.8. The van der Waals surface area contributed by atoms with Crippen molar-refractivity contribution < 1.29 is 9.15 Å². The fourth-order valence-electron chi connectivity index (χ4n) is 8.17. The van der Waals surface area contributed by atoms with Crippen LogP contribution in [0.5, 0.6) is 0 Å². The van der Waals surface area contributed by atoms with Gasteiger partial charge in [0.25, 0.3) is 0 Å². The monoisotopic (exact) mass is 397 g/mol. The summed E-state index contributed by atoms with van der Waals surface area (Å²) in [6.07, 6.45) is 18.4. The molecule has 1 aromatic rings. The van der Waals surface area contributed by atoms with Crippen LogP contribution < -0.4 is 5.73 Å². The largest absolute Gasteiger partial charge is 0.472 e. The van der Waals surface area contributed by atoms with Crippen molar-refractivity contribution in [2.75, 3.05) is 13.2 Å². The fraction of sp³-hybridized carbons (Fsp3) is 0.769. The topological polar surface area (TPSA) is 48.4 Å². The van der Waals surface area contributed by atoms with E-state index >= 15 is 0 Å². The number of rotatable bonds is 5. The Morgan fingerprint density at radius 3 is 2.79 bits per heavy atom. The van der Waals surface area contributed by atoms with E-state index in [2.05, 4.69) is 26.0 Å². The minimum atomic E-state index is 0.326. The molecule has 29 heavy (non-hydrogen) atoms. The van der Waals surface area contributed by atoms with Crippen molar-refractivity contribution in [3.05, 3.63) is 35.8 Å². The molecule has 0 spiro atoms. The molecule has 7 atom stereocenters. The molecular weight excluding hydrogens is 358 g/mol. The molecule has 1 heterocycles. The van der Waals surface area contributed by atoms with Crippen LogP contribution in [0.15, 0.2) is 34.7 Å². The third-order valence-corrected chi connectivity index (χ3v) is 9.70. The Hall–Kier alpha value is -1.06. The quantitative estimate of drug-likeness (QED) is 0.485. The lowest BCUT2D eigenvalue weighted by atomic mass is 9.46. The number of furan rings is 1. The smallest absolute Gasteiger partial charge is 0.0937 e. The number of allylic oxidation sites excluding steroid dienone is 1. The van der Waals surface area contributed by atoms with E-state index in [0.717, 1.165) is 37.3 Å². The van der Waals surface area contributed by atoms with Crippen LogP contribution in [0.3, 0.4) is 0 Å². The van der Waals surface area contributed by atoms with E-state index in [1.807, 2.05) is 12.5 Å². The lowest BCUT2D eigenvalue weighted by molar-refractivity contribution is -0.0502. The van der Waals surface area contributed by atoms with E-state index < -0.39 is 0 Å². The van der Waals surface area contributed by atoms with Gasteiger partial charge in [0.1, 0.15) is 0 Å². The van der Waals surface area contributed by atoms with Crippen molar-refractivity contribution in [3.63, 3.8) is 0 Å². The summed E-state index contributed by atoms with van der Waals surface area (Å²) in [5.74, 6) is 3.36. The summed E-state index contributed by atoms with van der Waals surface area (Å²) in [5, 5.41) is 0. The van der Waals surface area contributed by atoms with E-state index in [-0.39, 0.29) is 0 Å². The summed E-state index contributed by atoms with van der Waals surface area (Å²) >= 11 is 0. The number of nitrogens with two attached hydrogens (primary N) is 1. The standard InChI is InChI=1S/C26H39NO2/c1-25-11-8-20(29-14-3-13-27)16-19(25)4-5-21-23-7-6-22(18-10-15-28-17-18)26(23,2)12-9-24(21)25/h10,15-17,20-24H,3-9,11-14,27H2,1-2H3/t20-,21-,22+,23-,24-,25-,26+/m0/s1. The van der Waals surface area contributed by atoms with Gasteiger partial charge in [-0.25, -0.2) is 0 Å². The molecule has 3 nitrogen and oxygen atoms in total.